The maximum atomic E-state index is 12.3. The van der Waals surface area contributed by atoms with Crippen molar-refractivity contribution in [3.63, 3.8) is 0 Å². The van der Waals surface area contributed by atoms with E-state index in [2.05, 4.69) is 21.2 Å². The van der Waals surface area contributed by atoms with Gasteiger partial charge in [-0.3, -0.25) is 4.79 Å². The molecule has 0 bridgehead atoms. The molecule has 0 aliphatic heterocycles. The molecule has 1 aromatic carbocycles. The summed E-state index contributed by atoms with van der Waals surface area (Å²) >= 11 is 3.36. The Balaban J connectivity index is 2.83. The number of hydrogen-bond donors (Lipinski definition) is 2. The lowest BCUT2D eigenvalue weighted by molar-refractivity contribution is -0.137. The number of anilines is 1. The summed E-state index contributed by atoms with van der Waals surface area (Å²) in [4.78, 5) is 24.5. The van der Waals surface area contributed by atoms with Crippen molar-refractivity contribution in [3.05, 3.63) is 28.7 Å². The first-order valence-electron chi connectivity index (χ1n) is 6.27. The van der Waals surface area contributed by atoms with Gasteiger partial charge in [-0.1, -0.05) is 12.1 Å². The van der Waals surface area contributed by atoms with Crippen LogP contribution in [-0.4, -0.2) is 34.1 Å². The molecule has 2 N–H and O–H groups in total. The molecule has 0 aliphatic rings. The number of benzene rings is 1. The van der Waals surface area contributed by atoms with E-state index in [0.29, 0.717) is 5.69 Å². The molecule has 0 heterocycles. The van der Waals surface area contributed by atoms with Crippen LogP contribution in [0.1, 0.15) is 27.2 Å². The highest BCUT2D eigenvalue weighted by atomic mass is 79.9. The molecule has 0 aromatic heterocycles. The Labute approximate surface area is 127 Å². The van der Waals surface area contributed by atoms with Gasteiger partial charge in [-0.05, 0) is 48.8 Å². The zero-order valence-electron chi connectivity index (χ0n) is 11.8. The van der Waals surface area contributed by atoms with Gasteiger partial charge in [-0.15, -0.1) is 0 Å². The fourth-order valence-corrected chi connectivity index (χ4v) is 2.08. The molecule has 5 nitrogen and oxygen atoms in total. The Hall–Kier alpha value is -1.56. The summed E-state index contributed by atoms with van der Waals surface area (Å²) in [6.45, 7) is 5.77. The van der Waals surface area contributed by atoms with Crippen LogP contribution in [0.15, 0.2) is 28.7 Å². The normalized spacial score (nSPS) is 11.0. The van der Waals surface area contributed by atoms with E-state index >= 15 is 0 Å². The Kier molecular flexibility index (Phi) is 5.56. The van der Waals surface area contributed by atoms with Crippen LogP contribution < -0.4 is 5.32 Å². The van der Waals surface area contributed by atoms with E-state index in [1.807, 2.05) is 39.0 Å². The zero-order valence-corrected chi connectivity index (χ0v) is 13.4. The minimum atomic E-state index is -0.923. The summed E-state index contributed by atoms with van der Waals surface area (Å²) in [7, 11) is 0. The molecule has 0 fully saturated rings. The van der Waals surface area contributed by atoms with Gasteiger partial charge in [0, 0.05) is 16.6 Å². The van der Waals surface area contributed by atoms with E-state index in [4.69, 9.17) is 5.11 Å². The molecule has 1 aromatic rings. The SMILES string of the molecule is CC(C)(C)N(CCC(=O)O)C(=O)Nc1ccccc1Br. The van der Waals surface area contributed by atoms with E-state index in [0.717, 1.165) is 4.47 Å². The number of halogens is 1. The molecular formula is C14H19BrN2O3. The average molecular weight is 343 g/mol. The number of aliphatic carboxylic acids is 1. The minimum Gasteiger partial charge on any atom is -0.481 e. The first kappa shape index (κ1) is 16.5. The highest BCUT2D eigenvalue weighted by Crippen LogP contribution is 2.23. The summed E-state index contributed by atoms with van der Waals surface area (Å²) < 4.78 is 0.778. The van der Waals surface area contributed by atoms with Crippen molar-refractivity contribution < 1.29 is 14.7 Å². The molecule has 0 radical (unpaired) electrons. The first-order chi connectivity index (χ1) is 9.21. The standard InChI is InChI=1S/C14H19BrN2O3/c1-14(2,3)17(9-8-12(18)19)13(20)16-11-7-5-4-6-10(11)15/h4-7H,8-9H2,1-3H3,(H,16,20)(H,18,19). The van der Waals surface area contributed by atoms with Crippen molar-refractivity contribution in [2.75, 3.05) is 11.9 Å². The highest BCUT2D eigenvalue weighted by Gasteiger charge is 2.27. The predicted molar refractivity (Wildman–Crippen MR) is 81.9 cm³/mol. The van der Waals surface area contributed by atoms with Gasteiger partial charge in [0.05, 0.1) is 12.1 Å². The number of urea groups is 1. The van der Waals surface area contributed by atoms with Gasteiger partial charge >= 0.3 is 12.0 Å². The number of hydrogen-bond acceptors (Lipinski definition) is 2. The van der Waals surface area contributed by atoms with E-state index in [1.54, 1.807) is 6.07 Å². The topological polar surface area (TPSA) is 69.6 Å². The maximum absolute atomic E-state index is 12.3. The van der Waals surface area contributed by atoms with Crippen molar-refractivity contribution >= 4 is 33.6 Å². The lowest BCUT2D eigenvalue weighted by Crippen LogP contribution is -2.48. The number of carbonyl (C=O) groups is 2. The van der Waals surface area contributed by atoms with Crippen LogP contribution in [-0.2, 0) is 4.79 Å². The second kappa shape index (κ2) is 6.74. The van der Waals surface area contributed by atoms with Crippen LogP contribution in [0.25, 0.3) is 0 Å². The molecule has 0 aliphatic carbocycles. The van der Waals surface area contributed by atoms with Crippen LogP contribution in [0.3, 0.4) is 0 Å². The number of amides is 2. The van der Waals surface area contributed by atoms with Gasteiger partial charge in [0.25, 0.3) is 0 Å². The quantitative estimate of drug-likeness (QED) is 0.878. The molecule has 1 rings (SSSR count). The molecular weight excluding hydrogens is 324 g/mol. The Bertz CT molecular complexity index is 497. The third kappa shape index (κ3) is 4.85. The fourth-order valence-electron chi connectivity index (χ4n) is 1.69. The van der Waals surface area contributed by atoms with E-state index in [9.17, 15) is 9.59 Å². The van der Waals surface area contributed by atoms with Gasteiger partial charge in [0.1, 0.15) is 0 Å². The number of carbonyl (C=O) groups excluding carboxylic acids is 1. The van der Waals surface area contributed by atoms with Crippen molar-refractivity contribution in [1.82, 2.24) is 4.90 Å². The largest absolute Gasteiger partial charge is 0.481 e. The van der Waals surface area contributed by atoms with Crippen LogP contribution in [0.4, 0.5) is 10.5 Å². The molecule has 6 heteroatoms. The highest BCUT2D eigenvalue weighted by molar-refractivity contribution is 9.10. The third-order valence-corrected chi connectivity index (χ3v) is 3.41. The second-order valence-electron chi connectivity index (χ2n) is 5.38. The lowest BCUT2D eigenvalue weighted by atomic mass is 10.1. The van der Waals surface area contributed by atoms with Crippen LogP contribution in [0, 0.1) is 0 Å². The maximum Gasteiger partial charge on any atom is 0.322 e. The van der Waals surface area contributed by atoms with Gasteiger partial charge < -0.3 is 15.3 Å². The summed E-state index contributed by atoms with van der Waals surface area (Å²) in [5.41, 5.74) is 0.197. The van der Waals surface area contributed by atoms with Crippen LogP contribution in [0.5, 0.6) is 0 Å². The molecule has 0 atom stereocenters. The Morgan fingerprint density at radius 2 is 1.90 bits per heavy atom. The van der Waals surface area contributed by atoms with Crippen molar-refractivity contribution in [1.29, 1.82) is 0 Å². The fraction of sp³-hybridized carbons (Fsp3) is 0.429. The summed E-state index contributed by atoms with van der Waals surface area (Å²) in [6.07, 6.45) is -0.0827. The Morgan fingerprint density at radius 3 is 2.40 bits per heavy atom. The third-order valence-electron chi connectivity index (χ3n) is 2.72. The van der Waals surface area contributed by atoms with Gasteiger partial charge in [-0.25, -0.2) is 4.79 Å². The van der Waals surface area contributed by atoms with E-state index < -0.39 is 11.5 Å². The Morgan fingerprint density at radius 1 is 1.30 bits per heavy atom. The first-order valence-corrected chi connectivity index (χ1v) is 7.06. The molecule has 110 valence electrons. The monoisotopic (exact) mass is 342 g/mol. The van der Waals surface area contributed by atoms with Gasteiger partial charge in [-0.2, -0.15) is 0 Å². The number of nitrogens with zero attached hydrogens (tertiary/aromatic N) is 1. The molecule has 0 spiro atoms. The molecule has 0 saturated carbocycles. The smallest absolute Gasteiger partial charge is 0.322 e. The van der Waals surface area contributed by atoms with Crippen LogP contribution in [0.2, 0.25) is 0 Å². The van der Waals surface area contributed by atoms with Gasteiger partial charge in [0.15, 0.2) is 0 Å². The summed E-state index contributed by atoms with van der Waals surface area (Å²) in [6, 6.07) is 6.96. The van der Waals surface area contributed by atoms with Crippen molar-refractivity contribution in [2.45, 2.75) is 32.7 Å². The second-order valence-corrected chi connectivity index (χ2v) is 6.23. The number of rotatable bonds is 4. The number of para-hydroxylation sites is 1. The zero-order chi connectivity index (χ0) is 15.3. The lowest BCUT2D eigenvalue weighted by Gasteiger charge is -2.35. The predicted octanol–water partition coefficient (Wildman–Crippen LogP) is 3.56. The average Bonchev–Trinajstić information content (AvgIpc) is 2.30. The minimum absolute atomic E-state index is 0.0827. The number of carboxylic acid groups (broad SMARTS) is 1. The number of nitrogens with one attached hydrogen (secondary N) is 1. The molecule has 0 saturated heterocycles. The summed E-state index contributed by atoms with van der Waals surface area (Å²) in [5, 5.41) is 11.6. The van der Waals surface area contributed by atoms with E-state index in [1.165, 1.54) is 4.90 Å². The molecule has 2 amide bonds. The van der Waals surface area contributed by atoms with E-state index in [-0.39, 0.29) is 19.0 Å². The number of carboxylic acids is 1. The molecule has 0 unspecified atom stereocenters. The molecule has 20 heavy (non-hydrogen) atoms. The van der Waals surface area contributed by atoms with Crippen LogP contribution >= 0.6 is 15.9 Å². The summed E-state index contributed by atoms with van der Waals surface area (Å²) in [5.74, 6) is -0.923. The van der Waals surface area contributed by atoms with Crippen molar-refractivity contribution in [2.24, 2.45) is 0 Å². The van der Waals surface area contributed by atoms with Gasteiger partial charge in [0.2, 0.25) is 0 Å². The van der Waals surface area contributed by atoms with Crippen molar-refractivity contribution in [3.8, 4) is 0 Å².